The maximum Gasteiger partial charge on any atom is 0.240 e. The van der Waals surface area contributed by atoms with Crippen LogP contribution in [0.3, 0.4) is 0 Å². The highest BCUT2D eigenvalue weighted by Crippen LogP contribution is 2.35. The van der Waals surface area contributed by atoms with Gasteiger partial charge >= 0.3 is 0 Å². The van der Waals surface area contributed by atoms with Crippen molar-refractivity contribution in [3.63, 3.8) is 0 Å². The van der Waals surface area contributed by atoms with Crippen LogP contribution in [0.4, 0.5) is 5.69 Å². The number of hydrogen-bond donors (Lipinski definition) is 3. The monoisotopic (exact) mass is 365 g/mol. The number of fused-ring (bicyclic) bond motifs is 4. The Morgan fingerprint density at radius 1 is 1.08 bits per heavy atom. The number of rotatable bonds is 2. The number of anilines is 1. The van der Waals surface area contributed by atoms with Gasteiger partial charge in [-0.1, -0.05) is 23.7 Å². The van der Waals surface area contributed by atoms with Gasteiger partial charge in [-0.05, 0) is 50.2 Å². The van der Waals surface area contributed by atoms with Gasteiger partial charge in [-0.2, -0.15) is 4.57 Å². The normalized spacial score (nSPS) is 15.9. The molecular weight excluding hydrogens is 344 g/mol. The first-order valence-corrected chi connectivity index (χ1v) is 9.59. The molecule has 3 heterocycles. The lowest BCUT2D eigenvalue weighted by Crippen LogP contribution is -2.36. The van der Waals surface area contributed by atoms with E-state index in [2.05, 4.69) is 63.6 Å². The molecule has 3 N–H and O–H groups in total. The van der Waals surface area contributed by atoms with Gasteiger partial charge in [0.25, 0.3) is 0 Å². The highest BCUT2D eigenvalue weighted by Gasteiger charge is 2.24. The number of piperidine rings is 1. The third-order valence-corrected chi connectivity index (χ3v) is 5.78. The Morgan fingerprint density at radius 3 is 2.73 bits per heavy atom. The Labute approximate surface area is 157 Å². The van der Waals surface area contributed by atoms with Crippen LogP contribution in [0.5, 0.6) is 0 Å². The van der Waals surface area contributed by atoms with Gasteiger partial charge in [0.05, 0.1) is 22.0 Å². The van der Waals surface area contributed by atoms with Crippen LogP contribution in [0.2, 0.25) is 5.02 Å². The summed E-state index contributed by atoms with van der Waals surface area (Å²) in [6.45, 7) is 2.13. The Bertz CT molecular complexity index is 1130. The third kappa shape index (κ3) is 2.44. The summed E-state index contributed by atoms with van der Waals surface area (Å²) in [4.78, 5) is 3.65. The molecule has 0 amide bonds. The van der Waals surface area contributed by atoms with Crippen molar-refractivity contribution >= 4 is 50.1 Å². The van der Waals surface area contributed by atoms with Crippen LogP contribution in [-0.2, 0) is 7.05 Å². The predicted octanol–water partition coefficient (Wildman–Crippen LogP) is 4.12. The quantitative estimate of drug-likeness (QED) is 0.468. The minimum Gasteiger partial charge on any atom is -0.380 e. The molecule has 1 fully saturated rings. The van der Waals surface area contributed by atoms with Crippen molar-refractivity contribution in [2.75, 3.05) is 18.4 Å². The number of aryl methyl sites for hydroxylation is 1. The van der Waals surface area contributed by atoms with Crippen molar-refractivity contribution < 1.29 is 4.57 Å². The van der Waals surface area contributed by atoms with Crippen LogP contribution in [0.1, 0.15) is 12.8 Å². The Kier molecular flexibility index (Phi) is 3.76. The lowest BCUT2D eigenvalue weighted by atomic mass is 10.0. The molecular formula is C21H22ClN4+. The summed E-state index contributed by atoms with van der Waals surface area (Å²) in [5.74, 6) is 0. The van der Waals surface area contributed by atoms with Gasteiger partial charge in [0.2, 0.25) is 11.0 Å². The summed E-state index contributed by atoms with van der Waals surface area (Å²) in [5, 5.41) is 10.5. The first-order valence-electron chi connectivity index (χ1n) is 9.21. The molecule has 2 aromatic carbocycles. The molecule has 0 saturated carbocycles. The summed E-state index contributed by atoms with van der Waals surface area (Å²) in [5.41, 5.74) is 5.88. The first kappa shape index (κ1) is 15.9. The zero-order valence-corrected chi connectivity index (χ0v) is 15.5. The van der Waals surface area contributed by atoms with E-state index in [1.54, 1.807) is 0 Å². The zero-order valence-electron chi connectivity index (χ0n) is 14.8. The third-order valence-electron chi connectivity index (χ3n) is 5.54. The SMILES string of the molecule is C[n+]1c2cc(Cl)ccc2c(NC2CCNCC2)c2[nH]c3ccccc3c21. The van der Waals surface area contributed by atoms with Crippen molar-refractivity contribution in [3.8, 4) is 0 Å². The molecule has 132 valence electrons. The van der Waals surface area contributed by atoms with Crippen LogP contribution in [0, 0.1) is 0 Å². The van der Waals surface area contributed by atoms with Gasteiger partial charge in [-0.15, -0.1) is 0 Å². The number of H-pyrrole nitrogens is 1. The number of aromatic nitrogens is 2. The molecule has 5 rings (SSSR count). The average molecular weight is 366 g/mol. The van der Waals surface area contributed by atoms with Gasteiger partial charge in [0, 0.05) is 17.1 Å². The number of hydrogen-bond acceptors (Lipinski definition) is 2. The second kappa shape index (κ2) is 6.15. The van der Waals surface area contributed by atoms with E-state index in [0.717, 1.165) is 42.0 Å². The lowest BCUT2D eigenvalue weighted by Gasteiger charge is -2.25. The molecule has 0 unspecified atom stereocenters. The van der Waals surface area contributed by atoms with Crippen molar-refractivity contribution in [1.29, 1.82) is 0 Å². The summed E-state index contributed by atoms with van der Waals surface area (Å²) in [6, 6.07) is 15.1. The van der Waals surface area contributed by atoms with Gasteiger partial charge in [-0.25, -0.2) is 0 Å². The molecule has 0 radical (unpaired) electrons. The van der Waals surface area contributed by atoms with Gasteiger partial charge in [0.15, 0.2) is 0 Å². The molecule has 0 spiro atoms. The van der Waals surface area contributed by atoms with E-state index in [-0.39, 0.29) is 0 Å². The van der Waals surface area contributed by atoms with Crippen molar-refractivity contribution in [1.82, 2.24) is 10.3 Å². The summed E-state index contributed by atoms with van der Waals surface area (Å²) < 4.78 is 2.25. The Hall–Kier alpha value is -2.30. The second-order valence-corrected chi connectivity index (χ2v) is 7.59. The van der Waals surface area contributed by atoms with E-state index in [9.17, 15) is 0 Å². The maximum absolute atomic E-state index is 6.33. The average Bonchev–Trinajstić information content (AvgIpc) is 3.06. The lowest BCUT2D eigenvalue weighted by molar-refractivity contribution is -0.616. The minimum absolute atomic E-state index is 0.484. The van der Waals surface area contributed by atoms with E-state index >= 15 is 0 Å². The van der Waals surface area contributed by atoms with Gasteiger partial charge < -0.3 is 15.6 Å². The Balaban J connectivity index is 1.85. The zero-order chi connectivity index (χ0) is 17.7. The predicted molar refractivity (Wildman–Crippen MR) is 109 cm³/mol. The smallest absolute Gasteiger partial charge is 0.240 e. The molecule has 4 aromatic rings. The highest BCUT2D eigenvalue weighted by atomic mass is 35.5. The van der Waals surface area contributed by atoms with E-state index in [1.807, 2.05) is 6.07 Å². The first-order chi connectivity index (χ1) is 12.7. The van der Waals surface area contributed by atoms with E-state index in [0.29, 0.717) is 6.04 Å². The fourth-order valence-electron chi connectivity index (χ4n) is 4.23. The molecule has 2 aromatic heterocycles. The van der Waals surface area contributed by atoms with E-state index < -0.39 is 0 Å². The minimum atomic E-state index is 0.484. The number of nitrogens with zero attached hydrogens (tertiary/aromatic N) is 1. The fourth-order valence-corrected chi connectivity index (χ4v) is 4.39. The molecule has 0 aliphatic carbocycles. The van der Waals surface area contributed by atoms with Crippen LogP contribution in [0.15, 0.2) is 42.5 Å². The van der Waals surface area contributed by atoms with Crippen molar-refractivity contribution in [2.45, 2.75) is 18.9 Å². The van der Waals surface area contributed by atoms with Crippen molar-refractivity contribution in [3.05, 3.63) is 47.5 Å². The molecule has 1 saturated heterocycles. The number of nitrogens with one attached hydrogen (secondary N) is 3. The molecule has 1 aliphatic heterocycles. The number of halogens is 1. The van der Waals surface area contributed by atoms with Crippen LogP contribution >= 0.6 is 11.6 Å². The molecule has 4 nitrogen and oxygen atoms in total. The number of benzene rings is 2. The Morgan fingerprint density at radius 2 is 1.88 bits per heavy atom. The van der Waals surface area contributed by atoms with Gasteiger partial charge in [-0.3, -0.25) is 0 Å². The number of para-hydroxylation sites is 1. The molecule has 1 aliphatic rings. The molecule has 26 heavy (non-hydrogen) atoms. The molecule has 0 atom stereocenters. The second-order valence-electron chi connectivity index (χ2n) is 7.16. The molecule has 5 heteroatoms. The summed E-state index contributed by atoms with van der Waals surface area (Å²) in [6.07, 6.45) is 2.27. The van der Waals surface area contributed by atoms with E-state index in [1.165, 1.54) is 27.5 Å². The van der Waals surface area contributed by atoms with Gasteiger partial charge in [0.1, 0.15) is 12.6 Å². The summed E-state index contributed by atoms with van der Waals surface area (Å²) >= 11 is 6.33. The van der Waals surface area contributed by atoms with Crippen LogP contribution < -0.4 is 15.2 Å². The largest absolute Gasteiger partial charge is 0.380 e. The number of aromatic amines is 1. The van der Waals surface area contributed by atoms with Crippen LogP contribution in [-0.4, -0.2) is 24.1 Å². The highest BCUT2D eigenvalue weighted by molar-refractivity contribution is 6.31. The standard InChI is InChI=1S/C21H21ClN4/c1-26-18-12-13(22)6-7-16(18)19(24-14-8-10-23-11-9-14)20-21(26)15-4-2-3-5-17(15)25-20/h2-7,12,14,23H,8-11H2,1H3,(H,24,25)/p+1. The van der Waals surface area contributed by atoms with Crippen LogP contribution in [0.25, 0.3) is 32.8 Å². The topological polar surface area (TPSA) is 43.7 Å². The summed E-state index contributed by atoms with van der Waals surface area (Å²) in [7, 11) is 2.12. The van der Waals surface area contributed by atoms with Crippen molar-refractivity contribution in [2.24, 2.45) is 7.05 Å². The fraction of sp³-hybridized carbons (Fsp3) is 0.286. The molecule has 0 bridgehead atoms. The number of pyridine rings is 1. The van der Waals surface area contributed by atoms with E-state index in [4.69, 9.17) is 11.6 Å². The maximum atomic E-state index is 6.33.